The van der Waals surface area contributed by atoms with Gasteiger partial charge in [-0.15, -0.1) is 0 Å². The van der Waals surface area contributed by atoms with Crippen LogP contribution in [-0.2, 0) is 24.3 Å². The quantitative estimate of drug-likeness (QED) is 0.376. The summed E-state index contributed by atoms with van der Waals surface area (Å²) < 4.78 is 30.4. The molecule has 1 saturated heterocycles. The third-order valence-corrected chi connectivity index (χ3v) is 6.91. The molecule has 0 saturated carbocycles. The van der Waals surface area contributed by atoms with Gasteiger partial charge in [-0.3, -0.25) is 9.69 Å². The summed E-state index contributed by atoms with van der Waals surface area (Å²) in [6, 6.07) is 20.5. The molecule has 7 nitrogen and oxygen atoms in total. The lowest BCUT2D eigenvalue weighted by atomic mass is 10.1. The number of hydrogen-bond donors (Lipinski definition) is 2. The van der Waals surface area contributed by atoms with Crippen LogP contribution in [0, 0.1) is 5.82 Å². The van der Waals surface area contributed by atoms with Crippen molar-refractivity contribution in [3.8, 4) is 17.2 Å². The molecule has 0 radical (unpaired) electrons. The molecule has 3 aromatic carbocycles. The van der Waals surface area contributed by atoms with Crippen LogP contribution < -0.4 is 24.8 Å². The molecule has 3 aromatic rings. The number of rotatable bonds is 12. The number of nitrogens with one attached hydrogen (secondary N) is 2. The number of nitrogens with zero attached hydrogens (tertiary/aromatic N) is 1. The molecule has 2 N–H and O–H groups in total. The number of carbonyl (C=O) groups excluding carboxylic acids is 1. The predicted octanol–water partition coefficient (Wildman–Crippen LogP) is 3.94. The summed E-state index contributed by atoms with van der Waals surface area (Å²) in [4.78, 5) is 15.5. The van der Waals surface area contributed by atoms with Gasteiger partial charge >= 0.3 is 0 Å². The van der Waals surface area contributed by atoms with Crippen molar-refractivity contribution in [3.63, 3.8) is 0 Å². The van der Waals surface area contributed by atoms with E-state index in [4.69, 9.17) is 14.2 Å². The zero-order chi connectivity index (χ0) is 26.9. The molecule has 202 valence electrons. The standard InChI is InChI=1S/C30H36FN3O4/c1-36-27-15-22(16-28(37-2)29(27)38-3)18-33-24-17-26(34(20-24)19-21-9-5-4-6-10-21)30(35)32-14-13-23-11-7-8-12-25(23)31/h4-12,15-16,24,26,33H,13-14,17-20H2,1-3H3,(H,32,35)/t24-,26-/m0/s1. The molecule has 4 rings (SSSR count). The Morgan fingerprint density at radius 3 is 2.29 bits per heavy atom. The first-order chi connectivity index (χ1) is 18.5. The number of carbonyl (C=O) groups is 1. The SMILES string of the molecule is COc1cc(CN[C@H]2C[C@@H](C(=O)NCCc3ccccc3F)N(Cc3ccccc3)C2)cc(OC)c1OC. The predicted molar refractivity (Wildman–Crippen MR) is 145 cm³/mol. The molecule has 0 aliphatic carbocycles. The molecule has 0 aromatic heterocycles. The van der Waals surface area contributed by atoms with Crippen LogP contribution in [0.4, 0.5) is 4.39 Å². The highest BCUT2D eigenvalue weighted by Gasteiger charge is 2.36. The first-order valence-electron chi connectivity index (χ1n) is 12.8. The normalized spacial score (nSPS) is 17.3. The van der Waals surface area contributed by atoms with E-state index in [0.717, 1.165) is 17.7 Å². The monoisotopic (exact) mass is 521 g/mol. The second-order valence-electron chi connectivity index (χ2n) is 9.41. The molecule has 1 aliphatic rings. The highest BCUT2D eigenvalue weighted by atomic mass is 19.1. The topological polar surface area (TPSA) is 72.1 Å². The van der Waals surface area contributed by atoms with Crippen molar-refractivity contribution in [1.82, 2.24) is 15.5 Å². The average molecular weight is 522 g/mol. The van der Waals surface area contributed by atoms with Crippen molar-refractivity contribution in [1.29, 1.82) is 0 Å². The lowest BCUT2D eigenvalue weighted by Gasteiger charge is -2.23. The molecule has 1 aliphatic heterocycles. The minimum atomic E-state index is -0.284. The lowest BCUT2D eigenvalue weighted by molar-refractivity contribution is -0.125. The van der Waals surface area contributed by atoms with Gasteiger partial charge in [-0.2, -0.15) is 0 Å². The minimum Gasteiger partial charge on any atom is -0.493 e. The van der Waals surface area contributed by atoms with Crippen LogP contribution in [0.5, 0.6) is 17.2 Å². The second kappa shape index (κ2) is 13.3. The third kappa shape index (κ3) is 6.82. The van der Waals surface area contributed by atoms with Crippen LogP contribution in [0.1, 0.15) is 23.1 Å². The molecular weight excluding hydrogens is 485 g/mol. The van der Waals surface area contributed by atoms with Gasteiger partial charge in [0, 0.05) is 32.2 Å². The highest BCUT2D eigenvalue weighted by Crippen LogP contribution is 2.38. The first kappa shape index (κ1) is 27.4. The molecule has 38 heavy (non-hydrogen) atoms. The molecular formula is C30H36FN3O4. The van der Waals surface area contributed by atoms with Crippen LogP contribution in [0.2, 0.25) is 0 Å². The van der Waals surface area contributed by atoms with E-state index in [1.807, 2.05) is 36.4 Å². The molecule has 1 amide bonds. The van der Waals surface area contributed by atoms with Gasteiger partial charge in [0.05, 0.1) is 27.4 Å². The summed E-state index contributed by atoms with van der Waals surface area (Å²) in [5, 5.41) is 6.64. The van der Waals surface area contributed by atoms with Gasteiger partial charge in [0.25, 0.3) is 0 Å². The summed E-state index contributed by atoms with van der Waals surface area (Å²) >= 11 is 0. The Morgan fingerprint density at radius 2 is 1.63 bits per heavy atom. The van der Waals surface area contributed by atoms with Crippen molar-refractivity contribution >= 4 is 5.91 Å². The van der Waals surface area contributed by atoms with Crippen LogP contribution in [0.15, 0.2) is 66.7 Å². The fourth-order valence-electron chi connectivity index (χ4n) is 4.96. The fourth-order valence-corrected chi connectivity index (χ4v) is 4.96. The maximum absolute atomic E-state index is 14.0. The number of amides is 1. The number of halogens is 1. The Labute approximate surface area is 223 Å². The molecule has 1 fully saturated rings. The Morgan fingerprint density at radius 1 is 0.947 bits per heavy atom. The zero-order valence-corrected chi connectivity index (χ0v) is 22.2. The Hall–Kier alpha value is -3.62. The lowest BCUT2D eigenvalue weighted by Crippen LogP contribution is -2.43. The van der Waals surface area contributed by atoms with Gasteiger partial charge in [-0.1, -0.05) is 48.5 Å². The number of benzene rings is 3. The van der Waals surface area contributed by atoms with Gasteiger partial charge in [0.15, 0.2) is 11.5 Å². The molecule has 0 unspecified atom stereocenters. The van der Waals surface area contributed by atoms with Crippen molar-refractivity contribution in [2.75, 3.05) is 34.4 Å². The summed E-state index contributed by atoms with van der Waals surface area (Å²) in [5.41, 5.74) is 2.75. The molecule has 8 heteroatoms. The van der Waals surface area contributed by atoms with Crippen LogP contribution >= 0.6 is 0 Å². The molecule has 0 spiro atoms. The van der Waals surface area contributed by atoms with E-state index in [2.05, 4.69) is 27.7 Å². The fraction of sp³-hybridized carbons (Fsp3) is 0.367. The molecule has 1 heterocycles. The Kier molecular flexibility index (Phi) is 9.56. The van der Waals surface area contributed by atoms with E-state index < -0.39 is 0 Å². The first-order valence-corrected chi connectivity index (χ1v) is 12.8. The number of likely N-dealkylation sites (tertiary alicyclic amines) is 1. The smallest absolute Gasteiger partial charge is 0.237 e. The Balaban J connectivity index is 1.41. The van der Waals surface area contributed by atoms with Crippen molar-refractivity contribution in [2.45, 2.75) is 38.0 Å². The maximum atomic E-state index is 14.0. The number of methoxy groups -OCH3 is 3. The summed E-state index contributed by atoms with van der Waals surface area (Å²) in [5.74, 6) is 1.49. The van der Waals surface area contributed by atoms with Crippen molar-refractivity contribution < 1.29 is 23.4 Å². The number of ether oxygens (including phenoxy) is 3. The van der Waals surface area contributed by atoms with E-state index in [1.54, 1.807) is 33.5 Å². The number of hydrogen-bond acceptors (Lipinski definition) is 6. The van der Waals surface area contributed by atoms with E-state index in [9.17, 15) is 9.18 Å². The summed E-state index contributed by atoms with van der Waals surface area (Å²) in [6.45, 7) is 2.38. The molecule has 0 bridgehead atoms. The van der Waals surface area contributed by atoms with Gasteiger partial charge in [0.1, 0.15) is 5.82 Å². The van der Waals surface area contributed by atoms with Crippen LogP contribution in [0.25, 0.3) is 0 Å². The average Bonchev–Trinajstić information content (AvgIpc) is 3.35. The highest BCUT2D eigenvalue weighted by molar-refractivity contribution is 5.82. The van der Waals surface area contributed by atoms with E-state index in [-0.39, 0.29) is 23.8 Å². The van der Waals surface area contributed by atoms with Gasteiger partial charge in [-0.05, 0) is 47.7 Å². The van der Waals surface area contributed by atoms with Gasteiger partial charge < -0.3 is 24.8 Å². The van der Waals surface area contributed by atoms with E-state index in [1.165, 1.54) is 6.07 Å². The minimum absolute atomic E-state index is 0.0330. The largest absolute Gasteiger partial charge is 0.493 e. The van der Waals surface area contributed by atoms with E-state index in [0.29, 0.717) is 55.3 Å². The zero-order valence-electron chi connectivity index (χ0n) is 22.2. The third-order valence-electron chi connectivity index (χ3n) is 6.91. The molecule has 2 atom stereocenters. The summed E-state index contributed by atoms with van der Waals surface area (Å²) in [7, 11) is 4.78. The second-order valence-corrected chi connectivity index (χ2v) is 9.41. The van der Waals surface area contributed by atoms with Gasteiger partial charge in [-0.25, -0.2) is 4.39 Å². The van der Waals surface area contributed by atoms with E-state index >= 15 is 0 Å². The summed E-state index contributed by atoms with van der Waals surface area (Å²) in [6.07, 6.45) is 1.12. The van der Waals surface area contributed by atoms with Gasteiger partial charge in [0.2, 0.25) is 11.7 Å². The maximum Gasteiger partial charge on any atom is 0.237 e. The Bertz CT molecular complexity index is 1180. The van der Waals surface area contributed by atoms with Crippen LogP contribution in [0.3, 0.4) is 0 Å². The van der Waals surface area contributed by atoms with Crippen LogP contribution in [-0.4, -0.2) is 57.3 Å². The van der Waals surface area contributed by atoms with Crippen molar-refractivity contribution in [3.05, 3.63) is 89.2 Å². The van der Waals surface area contributed by atoms with Crippen molar-refractivity contribution in [2.24, 2.45) is 0 Å².